The van der Waals surface area contributed by atoms with Crippen LogP contribution in [0.1, 0.15) is 45.4 Å². The van der Waals surface area contributed by atoms with E-state index in [0.717, 1.165) is 6.29 Å². The van der Waals surface area contributed by atoms with Crippen LogP contribution in [0.3, 0.4) is 0 Å². The van der Waals surface area contributed by atoms with Crippen LogP contribution >= 0.6 is 0 Å². The molecule has 0 saturated heterocycles. The van der Waals surface area contributed by atoms with E-state index in [4.69, 9.17) is 0 Å². The molecule has 0 radical (unpaired) electrons. The van der Waals surface area contributed by atoms with E-state index in [0.29, 0.717) is 18.4 Å². The van der Waals surface area contributed by atoms with Crippen molar-refractivity contribution in [2.24, 2.45) is 34.0 Å². The molecule has 0 aromatic heterocycles. The van der Waals surface area contributed by atoms with Gasteiger partial charge in [-0.2, -0.15) is 0 Å². The number of aliphatic carboxylic acids is 2. The van der Waals surface area contributed by atoms with Gasteiger partial charge >= 0.3 is 11.9 Å². The average molecular weight is 378 g/mol. The van der Waals surface area contributed by atoms with Crippen LogP contribution in [0, 0.1) is 34.0 Å². The first-order chi connectivity index (χ1) is 12.5. The molecule has 148 valence electrons. The minimum absolute atomic E-state index is 0.141. The highest BCUT2D eigenvalue weighted by Gasteiger charge is 2.79. The van der Waals surface area contributed by atoms with Crippen LogP contribution < -0.4 is 0 Å². The quantitative estimate of drug-likeness (QED) is 0.429. The number of fused-ring (bicyclic) bond motifs is 3. The molecule has 1 spiro atoms. The third-order valence-corrected chi connectivity index (χ3v) is 8.68. The highest BCUT2D eigenvalue weighted by molar-refractivity contribution is 5.83. The average Bonchev–Trinajstić information content (AvgIpc) is 2.95. The van der Waals surface area contributed by atoms with E-state index in [1.165, 1.54) is 6.92 Å². The topological polar surface area (TPSA) is 132 Å². The molecular weight excluding hydrogens is 352 g/mol. The predicted molar refractivity (Wildman–Crippen MR) is 92.6 cm³/mol. The number of carbonyl (C=O) groups is 3. The van der Waals surface area contributed by atoms with Crippen molar-refractivity contribution in [1.82, 2.24) is 0 Å². The van der Waals surface area contributed by atoms with E-state index < -0.39 is 51.7 Å². The summed E-state index contributed by atoms with van der Waals surface area (Å²) in [5.41, 5.74) is -4.34. The van der Waals surface area contributed by atoms with Gasteiger partial charge in [0.05, 0.1) is 23.0 Å². The van der Waals surface area contributed by atoms with Crippen LogP contribution in [0.15, 0.2) is 12.2 Å². The van der Waals surface area contributed by atoms with Gasteiger partial charge < -0.3 is 25.2 Å². The molecule has 4 fully saturated rings. The lowest BCUT2D eigenvalue weighted by Crippen LogP contribution is -2.58. The highest BCUT2D eigenvalue weighted by atomic mass is 16.4. The van der Waals surface area contributed by atoms with Gasteiger partial charge in [0.15, 0.2) is 0 Å². The normalized spacial score (nSPS) is 53.5. The van der Waals surface area contributed by atoms with E-state index in [1.54, 1.807) is 0 Å². The summed E-state index contributed by atoms with van der Waals surface area (Å²) in [5.74, 6) is -4.93. The summed E-state index contributed by atoms with van der Waals surface area (Å²) in [6.45, 7) is 5.35. The zero-order chi connectivity index (χ0) is 20.0. The van der Waals surface area contributed by atoms with E-state index in [1.807, 2.05) is 0 Å². The van der Waals surface area contributed by atoms with Crippen molar-refractivity contribution in [2.75, 3.05) is 0 Å². The fourth-order valence-electron chi connectivity index (χ4n) is 7.58. The molecule has 0 aromatic rings. The second-order valence-corrected chi connectivity index (χ2v) is 9.48. The molecule has 0 aromatic carbocycles. The molecule has 0 aliphatic heterocycles. The van der Waals surface area contributed by atoms with Gasteiger partial charge in [-0.05, 0) is 62.4 Å². The summed E-state index contributed by atoms with van der Waals surface area (Å²) in [4.78, 5) is 37.2. The molecule has 27 heavy (non-hydrogen) atoms. The molecule has 4 aliphatic rings. The third kappa shape index (κ3) is 1.87. The fourth-order valence-corrected chi connectivity index (χ4v) is 7.58. The summed E-state index contributed by atoms with van der Waals surface area (Å²) < 4.78 is 0. The molecular formula is C20H26O7. The van der Waals surface area contributed by atoms with Crippen molar-refractivity contribution in [3.8, 4) is 0 Å². The second-order valence-electron chi connectivity index (χ2n) is 9.48. The number of carboxylic acid groups (broad SMARTS) is 2. The maximum Gasteiger partial charge on any atom is 0.312 e. The van der Waals surface area contributed by atoms with Gasteiger partial charge in [0.25, 0.3) is 0 Å². The molecule has 0 heterocycles. The van der Waals surface area contributed by atoms with Gasteiger partial charge in [0.1, 0.15) is 6.29 Å². The smallest absolute Gasteiger partial charge is 0.312 e. The van der Waals surface area contributed by atoms with Crippen molar-refractivity contribution in [3.05, 3.63) is 12.2 Å². The molecule has 7 nitrogen and oxygen atoms in total. The number of aldehydes is 1. The number of aliphatic hydroxyl groups is 2. The van der Waals surface area contributed by atoms with E-state index in [9.17, 15) is 34.8 Å². The number of rotatable bonds is 3. The standard InChI is InChI=1S/C20H26O7/c1-10-7-19-8-20(10,27)6-3-11(19)18(9-21)5-4-12(22)17(2,16(25)26)14(18)13(19)15(23)24/h9,11-14,22,27H,1,3-8H2,2H3,(H,23,24)(H,25,26). The van der Waals surface area contributed by atoms with Crippen molar-refractivity contribution in [2.45, 2.75) is 57.2 Å². The van der Waals surface area contributed by atoms with Crippen molar-refractivity contribution < 1.29 is 34.8 Å². The number of carboxylic acids is 2. The first-order valence-corrected chi connectivity index (χ1v) is 9.51. The first-order valence-electron chi connectivity index (χ1n) is 9.51. The summed E-state index contributed by atoms with van der Waals surface area (Å²) in [7, 11) is 0. The zero-order valence-corrected chi connectivity index (χ0v) is 15.4. The number of aliphatic hydroxyl groups excluding tert-OH is 1. The summed E-state index contributed by atoms with van der Waals surface area (Å²) in [6, 6.07) is 0. The lowest BCUT2D eigenvalue weighted by Gasteiger charge is -2.51. The lowest BCUT2D eigenvalue weighted by atomic mass is 9.52. The molecule has 0 amide bonds. The second kappa shape index (κ2) is 5.20. The molecule has 8 unspecified atom stereocenters. The molecule has 4 rings (SSSR count). The van der Waals surface area contributed by atoms with Crippen LogP contribution in [-0.4, -0.2) is 50.4 Å². The SMILES string of the molecule is C=C1CC23CC1(O)CCC2C1(C=O)CCC(O)C(C)(C(=O)O)C1C3C(=O)O. The first kappa shape index (κ1) is 18.6. The van der Waals surface area contributed by atoms with Crippen LogP contribution in [0.4, 0.5) is 0 Å². The Morgan fingerprint density at radius 1 is 1.22 bits per heavy atom. The zero-order valence-electron chi connectivity index (χ0n) is 15.4. The van der Waals surface area contributed by atoms with Gasteiger partial charge in [0, 0.05) is 11.3 Å². The van der Waals surface area contributed by atoms with Crippen molar-refractivity contribution in [1.29, 1.82) is 0 Å². The third-order valence-electron chi connectivity index (χ3n) is 8.68. The Bertz CT molecular complexity index is 761. The Hall–Kier alpha value is -1.73. The molecule has 4 saturated carbocycles. The fraction of sp³-hybridized carbons (Fsp3) is 0.750. The van der Waals surface area contributed by atoms with Crippen LogP contribution in [0.25, 0.3) is 0 Å². The van der Waals surface area contributed by atoms with Gasteiger partial charge in [-0.3, -0.25) is 9.59 Å². The Labute approximate surface area is 157 Å². The Balaban J connectivity index is 2.00. The number of hydrogen-bond donors (Lipinski definition) is 4. The summed E-state index contributed by atoms with van der Waals surface area (Å²) in [5, 5.41) is 41.7. The Morgan fingerprint density at radius 3 is 2.44 bits per heavy atom. The summed E-state index contributed by atoms with van der Waals surface area (Å²) in [6.07, 6.45) is 1.29. The maximum absolute atomic E-state index is 12.5. The van der Waals surface area contributed by atoms with E-state index in [2.05, 4.69) is 6.58 Å². The van der Waals surface area contributed by atoms with Gasteiger partial charge in [-0.15, -0.1) is 0 Å². The molecule has 8 atom stereocenters. The Morgan fingerprint density at radius 2 is 1.89 bits per heavy atom. The molecule has 4 N–H and O–H groups in total. The molecule has 4 aliphatic carbocycles. The minimum atomic E-state index is -1.74. The van der Waals surface area contributed by atoms with Gasteiger partial charge in [-0.1, -0.05) is 6.58 Å². The number of hydrogen-bond acceptors (Lipinski definition) is 5. The lowest BCUT2D eigenvalue weighted by molar-refractivity contribution is -0.182. The Kier molecular flexibility index (Phi) is 3.59. The highest BCUT2D eigenvalue weighted by Crippen LogP contribution is 2.77. The maximum atomic E-state index is 12.5. The molecule has 2 bridgehead atoms. The summed E-state index contributed by atoms with van der Waals surface area (Å²) >= 11 is 0. The van der Waals surface area contributed by atoms with E-state index in [-0.39, 0.29) is 31.6 Å². The van der Waals surface area contributed by atoms with Gasteiger partial charge in [0.2, 0.25) is 0 Å². The van der Waals surface area contributed by atoms with Crippen LogP contribution in [0.2, 0.25) is 0 Å². The largest absolute Gasteiger partial charge is 0.481 e. The minimum Gasteiger partial charge on any atom is -0.481 e. The van der Waals surface area contributed by atoms with Gasteiger partial charge in [-0.25, -0.2) is 0 Å². The van der Waals surface area contributed by atoms with E-state index >= 15 is 0 Å². The monoisotopic (exact) mass is 378 g/mol. The van der Waals surface area contributed by atoms with Crippen LogP contribution in [-0.2, 0) is 14.4 Å². The predicted octanol–water partition coefficient (Wildman–Crippen LogP) is 1.23. The molecule has 7 heteroatoms. The van der Waals surface area contributed by atoms with Crippen LogP contribution in [0.5, 0.6) is 0 Å². The number of carbonyl (C=O) groups excluding carboxylic acids is 1. The van der Waals surface area contributed by atoms with Crippen molar-refractivity contribution >= 4 is 18.2 Å². The van der Waals surface area contributed by atoms with Crippen molar-refractivity contribution in [3.63, 3.8) is 0 Å².